The Hall–Kier alpha value is -4.22. The number of carbonyl (C=O) groups is 1. The summed E-state index contributed by atoms with van der Waals surface area (Å²) < 4.78 is 18.8. The average molecular weight is 452 g/mol. The highest BCUT2D eigenvalue weighted by molar-refractivity contribution is 6.30. The smallest absolute Gasteiger partial charge is 0.271 e. The van der Waals surface area contributed by atoms with Gasteiger partial charge in [0, 0.05) is 28.4 Å². The van der Waals surface area contributed by atoms with Crippen molar-refractivity contribution >= 4 is 35.0 Å². The quantitative estimate of drug-likeness (QED) is 0.220. The van der Waals surface area contributed by atoms with Crippen molar-refractivity contribution in [3.05, 3.63) is 104 Å². The molecule has 3 rings (SSSR count). The van der Waals surface area contributed by atoms with E-state index in [2.05, 4.69) is 5.32 Å². The second-order valence-electron chi connectivity index (χ2n) is 6.53. The van der Waals surface area contributed by atoms with Crippen LogP contribution in [0.4, 0.5) is 15.8 Å². The fourth-order valence-corrected chi connectivity index (χ4v) is 2.89. The summed E-state index contributed by atoms with van der Waals surface area (Å²) in [5, 5.41) is 23.2. The Kier molecular flexibility index (Phi) is 7.16. The van der Waals surface area contributed by atoms with Crippen molar-refractivity contribution in [2.24, 2.45) is 0 Å². The monoisotopic (exact) mass is 451 g/mol. The first-order valence-corrected chi connectivity index (χ1v) is 9.58. The maximum atomic E-state index is 13.1. The number of benzene rings is 3. The lowest BCUT2D eigenvalue weighted by Crippen LogP contribution is -2.13. The number of carbonyl (C=O) groups excluding carboxylic acids is 1. The summed E-state index contributed by atoms with van der Waals surface area (Å²) in [5.41, 5.74) is 0.816. The van der Waals surface area contributed by atoms with Crippen molar-refractivity contribution in [1.82, 2.24) is 0 Å². The number of nitro groups is 1. The standard InChI is InChI=1S/C23H15ClFN3O4/c24-18-6-9-22(32-14-15-4-7-19(25)8-5-15)16(11-18)10-17(13-26)23(29)27-20-2-1-3-21(12-20)28(30)31/h1-12H,14H2,(H,27,29)/b17-10+. The van der Waals surface area contributed by atoms with Gasteiger partial charge in [-0.25, -0.2) is 4.39 Å². The summed E-state index contributed by atoms with van der Waals surface area (Å²) >= 11 is 6.06. The van der Waals surface area contributed by atoms with E-state index in [-0.39, 0.29) is 29.4 Å². The van der Waals surface area contributed by atoms with Crippen molar-refractivity contribution in [2.75, 3.05) is 5.32 Å². The van der Waals surface area contributed by atoms with E-state index in [4.69, 9.17) is 16.3 Å². The zero-order valence-electron chi connectivity index (χ0n) is 16.4. The summed E-state index contributed by atoms with van der Waals surface area (Å²) in [6, 6.07) is 17.7. The molecule has 32 heavy (non-hydrogen) atoms. The second kappa shape index (κ2) is 10.2. The van der Waals surface area contributed by atoms with E-state index in [0.717, 1.165) is 5.56 Å². The van der Waals surface area contributed by atoms with E-state index in [1.54, 1.807) is 24.3 Å². The molecule has 0 unspecified atom stereocenters. The molecule has 160 valence electrons. The highest BCUT2D eigenvalue weighted by Gasteiger charge is 2.14. The zero-order valence-corrected chi connectivity index (χ0v) is 17.2. The molecule has 0 aliphatic carbocycles. The predicted octanol–water partition coefficient (Wildman–Crippen LogP) is 5.51. The minimum absolute atomic E-state index is 0.129. The van der Waals surface area contributed by atoms with Gasteiger partial charge in [0.25, 0.3) is 11.6 Å². The largest absolute Gasteiger partial charge is 0.488 e. The Balaban J connectivity index is 1.82. The Morgan fingerprint density at radius 3 is 2.62 bits per heavy atom. The van der Waals surface area contributed by atoms with Crippen LogP contribution in [0.1, 0.15) is 11.1 Å². The molecule has 0 aromatic heterocycles. The highest BCUT2D eigenvalue weighted by Crippen LogP contribution is 2.27. The van der Waals surface area contributed by atoms with Gasteiger partial charge >= 0.3 is 0 Å². The molecule has 7 nitrogen and oxygen atoms in total. The van der Waals surface area contributed by atoms with Crippen LogP contribution in [-0.2, 0) is 11.4 Å². The average Bonchev–Trinajstić information content (AvgIpc) is 2.78. The minimum Gasteiger partial charge on any atom is -0.488 e. The molecule has 0 aliphatic heterocycles. The van der Waals surface area contributed by atoms with Crippen molar-refractivity contribution in [3.8, 4) is 11.8 Å². The molecule has 0 heterocycles. The third kappa shape index (κ3) is 5.90. The van der Waals surface area contributed by atoms with E-state index in [9.17, 15) is 24.6 Å². The van der Waals surface area contributed by atoms with Crippen molar-refractivity contribution < 1.29 is 18.8 Å². The number of halogens is 2. The SMILES string of the molecule is N#C/C(=C\c1cc(Cl)ccc1OCc1ccc(F)cc1)C(=O)Nc1cccc([N+](=O)[O-])c1. The lowest BCUT2D eigenvalue weighted by atomic mass is 10.1. The summed E-state index contributed by atoms with van der Waals surface area (Å²) in [4.78, 5) is 22.9. The van der Waals surface area contributed by atoms with E-state index < -0.39 is 10.8 Å². The number of hydrogen-bond acceptors (Lipinski definition) is 5. The molecule has 9 heteroatoms. The van der Waals surface area contributed by atoms with Crippen LogP contribution in [0.2, 0.25) is 5.02 Å². The Bertz CT molecular complexity index is 1240. The number of anilines is 1. The minimum atomic E-state index is -0.752. The van der Waals surface area contributed by atoms with Crippen LogP contribution >= 0.6 is 11.6 Å². The van der Waals surface area contributed by atoms with E-state index >= 15 is 0 Å². The van der Waals surface area contributed by atoms with Gasteiger partial charge in [0.05, 0.1) is 4.92 Å². The lowest BCUT2D eigenvalue weighted by Gasteiger charge is -2.11. The van der Waals surface area contributed by atoms with Gasteiger partial charge in [0.15, 0.2) is 0 Å². The van der Waals surface area contributed by atoms with Crippen molar-refractivity contribution in [3.63, 3.8) is 0 Å². The number of rotatable bonds is 7. The van der Waals surface area contributed by atoms with Crippen LogP contribution in [0.15, 0.2) is 72.3 Å². The van der Waals surface area contributed by atoms with Crippen LogP contribution in [0.25, 0.3) is 6.08 Å². The third-order valence-corrected chi connectivity index (χ3v) is 4.49. The van der Waals surface area contributed by atoms with E-state index in [1.807, 2.05) is 6.07 Å². The molecule has 0 saturated carbocycles. The summed E-state index contributed by atoms with van der Waals surface area (Å²) in [6.07, 6.45) is 1.30. The maximum Gasteiger partial charge on any atom is 0.271 e. The van der Waals surface area contributed by atoms with E-state index in [0.29, 0.717) is 16.3 Å². The predicted molar refractivity (Wildman–Crippen MR) is 118 cm³/mol. The van der Waals surface area contributed by atoms with Gasteiger partial charge < -0.3 is 10.1 Å². The number of nitrogens with zero attached hydrogens (tertiary/aromatic N) is 2. The summed E-state index contributed by atoms with van der Waals surface area (Å²) in [5.74, 6) is -0.760. The number of nitro benzene ring substituents is 1. The molecule has 0 fully saturated rings. The molecule has 0 radical (unpaired) electrons. The zero-order chi connectivity index (χ0) is 23.1. The first-order valence-electron chi connectivity index (χ1n) is 9.20. The molecule has 3 aromatic rings. The molecule has 3 aromatic carbocycles. The second-order valence-corrected chi connectivity index (χ2v) is 6.97. The Morgan fingerprint density at radius 2 is 1.94 bits per heavy atom. The fourth-order valence-electron chi connectivity index (χ4n) is 2.71. The van der Waals surface area contributed by atoms with Crippen LogP contribution in [0.5, 0.6) is 5.75 Å². The molecule has 0 saturated heterocycles. The van der Waals surface area contributed by atoms with Gasteiger partial charge in [0.2, 0.25) is 0 Å². The highest BCUT2D eigenvalue weighted by atomic mass is 35.5. The van der Waals surface area contributed by atoms with Gasteiger partial charge in [-0.1, -0.05) is 29.8 Å². The lowest BCUT2D eigenvalue weighted by molar-refractivity contribution is -0.384. The molecule has 0 atom stereocenters. The van der Waals surface area contributed by atoms with Gasteiger partial charge in [-0.05, 0) is 48.0 Å². The van der Waals surface area contributed by atoms with Crippen LogP contribution in [-0.4, -0.2) is 10.8 Å². The van der Waals surface area contributed by atoms with Crippen LogP contribution in [0.3, 0.4) is 0 Å². The number of ether oxygens (including phenoxy) is 1. The van der Waals surface area contributed by atoms with E-state index in [1.165, 1.54) is 48.5 Å². The number of hydrogen-bond donors (Lipinski definition) is 1. The molecule has 0 spiro atoms. The Morgan fingerprint density at radius 1 is 1.19 bits per heavy atom. The van der Waals surface area contributed by atoms with Crippen molar-refractivity contribution in [1.29, 1.82) is 5.26 Å². The first-order chi connectivity index (χ1) is 15.4. The van der Waals surface area contributed by atoms with Crippen molar-refractivity contribution in [2.45, 2.75) is 6.61 Å². The van der Waals surface area contributed by atoms with Crippen LogP contribution in [0, 0.1) is 27.3 Å². The molecular weight excluding hydrogens is 437 g/mol. The first kappa shape index (κ1) is 22.5. The molecular formula is C23H15ClFN3O4. The molecule has 1 amide bonds. The summed E-state index contributed by atoms with van der Waals surface area (Å²) in [7, 11) is 0. The number of nitriles is 1. The Labute approximate surface area is 187 Å². The number of amides is 1. The molecule has 0 bridgehead atoms. The topological polar surface area (TPSA) is 105 Å². The number of nitrogens with one attached hydrogen (secondary N) is 1. The van der Waals surface area contributed by atoms with Gasteiger partial charge in [-0.15, -0.1) is 0 Å². The maximum absolute atomic E-state index is 13.1. The normalized spacial score (nSPS) is 10.8. The summed E-state index contributed by atoms with van der Waals surface area (Å²) in [6.45, 7) is 0.129. The van der Waals surface area contributed by atoms with Crippen LogP contribution < -0.4 is 10.1 Å². The fraction of sp³-hybridized carbons (Fsp3) is 0.0435. The van der Waals surface area contributed by atoms with Gasteiger partial charge in [-0.2, -0.15) is 5.26 Å². The molecule has 0 aliphatic rings. The molecule has 1 N–H and O–H groups in total. The number of non-ortho nitro benzene ring substituents is 1. The van der Waals surface area contributed by atoms with Gasteiger partial charge in [0.1, 0.15) is 29.8 Å². The van der Waals surface area contributed by atoms with Gasteiger partial charge in [-0.3, -0.25) is 14.9 Å². The third-order valence-electron chi connectivity index (χ3n) is 4.26.